The fraction of sp³-hybridized carbons (Fsp3) is 0.429. The predicted molar refractivity (Wildman–Crippen MR) is 82.7 cm³/mol. The Labute approximate surface area is 132 Å². The van der Waals surface area contributed by atoms with Crippen LogP contribution in [0.15, 0.2) is 18.6 Å². The molecule has 0 spiro atoms. The molecule has 9 nitrogen and oxygen atoms in total. The highest BCUT2D eigenvalue weighted by Crippen LogP contribution is 2.18. The number of nitrogens with one attached hydrogen (secondary N) is 1. The molecule has 0 fully saturated rings. The van der Waals surface area contributed by atoms with Gasteiger partial charge in [0.2, 0.25) is 0 Å². The molecular formula is C14H19N5O4. The van der Waals surface area contributed by atoms with Gasteiger partial charge in [-0.15, -0.1) is 0 Å². The van der Waals surface area contributed by atoms with Crippen LogP contribution in [0, 0.1) is 0 Å². The third-order valence-electron chi connectivity index (χ3n) is 2.96. The molecule has 9 heteroatoms. The normalized spacial score (nSPS) is 12.8. The van der Waals surface area contributed by atoms with Crippen molar-refractivity contribution in [3.05, 3.63) is 18.6 Å². The molecule has 0 bridgehead atoms. The average molecular weight is 321 g/mol. The summed E-state index contributed by atoms with van der Waals surface area (Å²) in [5, 5.41) is 12.3. The number of rotatable bonds is 4. The number of ether oxygens (including phenoxy) is 1. The number of alkyl carbamates (subject to hydrolysis) is 1. The van der Waals surface area contributed by atoms with Crippen LogP contribution < -0.4 is 11.1 Å². The summed E-state index contributed by atoms with van der Waals surface area (Å²) in [5.41, 5.74) is 5.52. The van der Waals surface area contributed by atoms with Gasteiger partial charge >= 0.3 is 12.1 Å². The number of nitrogen functional groups attached to an aromatic ring is 1. The highest BCUT2D eigenvalue weighted by molar-refractivity contribution is 5.86. The van der Waals surface area contributed by atoms with Gasteiger partial charge in [-0.3, -0.25) is 0 Å². The summed E-state index contributed by atoms with van der Waals surface area (Å²) in [6.07, 6.45) is 2.14. The van der Waals surface area contributed by atoms with Crippen molar-refractivity contribution >= 4 is 28.9 Å². The predicted octanol–water partition coefficient (Wildman–Crippen LogP) is 0.991. The smallest absolute Gasteiger partial charge is 0.408 e. The zero-order valence-corrected chi connectivity index (χ0v) is 13.1. The SMILES string of the molecule is CC(C)(C)OC(=O)NC(Cn1ccc2c(N)ncnc21)C(=O)O. The molecule has 0 saturated heterocycles. The standard InChI is InChI=1S/C14H19N5O4/c1-14(2,3)23-13(22)18-9(12(20)21)6-19-5-4-8-10(15)16-7-17-11(8)19/h4-5,7,9H,6H2,1-3H3,(H,18,22)(H,20,21)(H2,15,16,17). The fourth-order valence-corrected chi connectivity index (χ4v) is 2.00. The lowest BCUT2D eigenvalue weighted by Gasteiger charge is -2.22. The van der Waals surface area contributed by atoms with E-state index in [1.165, 1.54) is 6.33 Å². The van der Waals surface area contributed by atoms with Gasteiger partial charge in [0, 0.05) is 6.20 Å². The molecule has 2 aromatic rings. The quantitative estimate of drug-likeness (QED) is 0.764. The van der Waals surface area contributed by atoms with E-state index in [1.807, 2.05) is 0 Å². The highest BCUT2D eigenvalue weighted by Gasteiger charge is 2.25. The minimum Gasteiger partial charge on any atom is -0.480 e. The van der Waals surface area contributed by atoms with Crippen LogP contribution >= 0.6 is 0 Å². The summed E-state index contributed by atoms with van der Waals surface area (Å²) in [6.45, 7) is 5.07. The van der Waals surface area contributed by atoms with E-state index in [0.717, 1.165) is 0 Å². The summed E-state index contributed by atoms with van der Waals surface area (Å²) in [7, 11) is 0. The minimum atomic E-state index is -1.18. The van der Waals surface area contributed by atoms with E-state index >= 15 is 0 Å². The molecule has 0 saturated carbocycles. The zero-order valence-electron chi connectivity index (χ0n) is 13.1. The minimum absolute atomic E-state index is 0.0193. The van der Waals surface area contributed by atoms with Crippen LogP contribution in [-0.4, -0.2) is 43.3 Å². The third kappa shape index (κ3) is 4.09. The summed E-state index contributed by atoms with van der Waals surface area (Å²) >= 11 is 0. The van der Waals surface area contributed by atoms with Gasteiger partial charge in [0.25, 0.3) is 0 Å². The highest BCUT2D eigenvalue weighted by atomic mass is 16.6. The van der Waals surface area contributed by atoms with E-state index in [2.05, 4.69) is 15.3 Å². The molecule has 2 heterocycles. The Kier molecular flexibility index (Phi) is 4.39. The largest absolute Gasteiger partial charge is 0.480 e. The first-order valence-corrected chi connectivity index (χ1v) is 6.95. The first-order valence-electron chi connectivity index (χ1n) is 6.95. The average Bonchev–Trinajstić information content (AvgIpc) is 2.80. The number of carbonyl (C=O) groups is 2. The number of carboxylic acids is 1. The Morgan fingerprint density at radius 1 is 1.43 bits per heavy atom. The van der Waals surface area contributed by atoms with Gasteiger partial charge < -0.3 is 25.5 Å². The second kappa shape index (κ2) is 6.11. The first-order chi connectivity index (χ1) is 10.7. The molecule has 1 unspecified atom stereocenters. The maximum atomic E-state index is 11.8. The van der Waals surface area contributed by atoms with Gasteiger partial charge in [-0.2, -0.15) is 0 Å². The molecule has 1 atom stereocenters. The summed E-state index contributed by atoms with van der Waals surface area (Å²) < 4.78 is 6.66. The molecule has 0 aromatic carbocycles. The first kappa shape index (κ1) is 16.5. The summed E-state index contributed by atoms with van der Waals surface area (Å²) in [6, 6.07) is 0.522. The van der Waals surface area contributed by atoms with E-state index in [-0.39, 0.29) is 6.54 Å². The lowest BCUT2D eigenvalue weighted by atomic mass is 10.2. The van der Waals surface area contributed by atoms with E-state index in [9.17, 15) is 14.7 Å². The lowest BCUT2D eigenvalue weighted by molar-refractivity contribution is -0.139. The van der Waals surface area contributed by atoms with Gasteiger partial charge in [0.15, 0.2) is 0 Å². The number of aromatic nitrogens is 3. The van der Waals surface area contributed by atoms with Crippen molar-refractivity contribution in [1.82, 2.24) is 19.9 Å². The summed E-state index contributed by atoms with van der Waals surface area (Å²) in [5.74, 6) is -0.875. The van der Waals surface area contributed by atoms with Crippen molar-refractivity contribution < 1.29 is 19.4 Å². The Morgan fingerprint density at radius 2 is 2.13 bits per heavy atom. The number of anilines is 1. The number of carboxylic acid groups (broad SMARTS) is 1. The number of fused-ring (bicyclic) bond motifs is 1. The Morgan fingerprint density at radius 3 is 2.74 bits per heavy atom. The summed E-state index contributed by atoms with van der Waals surface area (Å²) in [4.78, 5) is 31.1. The van der Waals surface area contributed by atoms with Crippen LogP contribution in [0.3, 0.4) is 0 Å². The van der Waals surface area contributed by atoms with Crippen LogP contribution in [0.5, 0.6) is 0 Å². The monoisotopic (exact) mass is 321 g/mol. The van der Waals surface area contributed by atoms with Crippen LogP contribution in [0.4, 0.5) is 10.6 Å². The van der Waals surface area contributed by atoms with E-state index in [0.29, 0.717) is 16.9 Å². The van der Waals surface area contributed by atoms with Gasteiger partial charge in [-0.05, 0) is 26.8 Å². The van der Waals surface area contributed by atoms with Crippen molar-refractivity contribution in [3.8, 4) is 0 Å². The second-order valence-electron chi connectivity index (χ2n) is 6.00. The number of carbonyl (C=O) groups excluding carboxylic acids is 1. The molecule has 1 amide bonds. The van der Waals surface area contributed by atoms with Crippen molar-refractivity contribution in [2.45, 2.75) is 39.0 Å². The third-order valence-corrected chi connectivity index (χ3v) is 2.96. The molecule has 4 N–H and O–H groups in total. The van der Waals surface area contributed by atoms with Gasteiger partial charge in [0.05, 0.1) is 11.9 Å². The fourth-order valence-electron chi connectivity index (χ4n) is 2.00. The van der Waals surface area contributed by atoms with Crippen molar-refractivity contribution in [2.75, 3.05) is 5.73 Å². The van der Waals surface area contributed by atoms with Crippen LogP contribution in [0.25, 0.3) is 11.0 Å². The molecular weight excluding hydrogens is 302 g/mol. The Hall–Kier alpha value is -2.84. The van der Waals surface area contributed by atoms with Crippen LogP contribution in [0.1, 0.15) is 20.8 Å². The maximum Gasteiger partial charge on any atom is 0.408 e. The van der Waals surface area contributed by atoms with Gasteiger partial charge in [-0.25, -0.2) is 19.6 Å². The number of hydrogen-bond acceptors (Lipinski definition) is 6. The molecule has 23 heavy (non-hydrogen) atoms. The number of aliphatic carboxylic acids is 1. The van der Waals surface area contributed by atoms with Crippen LogP contribution in [-0.2, 0) is 16.1 Å². The molecule has 0 aliphatic carbocycles. The number of amides is 1. The maximum absolute atomic E-state index is 11.8. The number of nitrogens with two attached hydrogens (primary N) is 1. The molecule has 2 rings (SSSR count). The topological polar surface area (TPSA) is 132 Å². The number of nitrogens with zero attached hydrogens (tertiary/aromatic N) is 3. The second-order valence-corrected chi connectivity index (χ2v) is 6.00. The molecule has 0 aliphatic rings. The molecule has 124 valence electrons. The van der Waals surface area contributed by atoms with Gasteiger partial charge in [-0.1, -0.05) is 0 Å². The molecule has 0 radical (unpaired) electrons. The van der Waals surface area contributed by atoms with Crippen molar-refractivity contribution in [3.63, 3.8) is 0 Å². The molecule has 0 aliphatic heterocycles. The lowest BCUT2D eigenvalue weighted by Crippen LogP contribution is -2.45. The molecule has 2 aromatic heterocycles. The van der Waals surface area contributed by atoms with E-state index in [4.69, 9.17) is 10.5 Å². The zero-order chi connectivity index (χ0) is 17.2. The van der Waals surface area contributed by atoms with Crippen molar-refractivity contribution in [1.29, 1.82) is 0 Å². The number of hydrogen-bond donors (Lipinski definition) is 3. The Bertz CT molecular complexity index is 734. The van der Waals surface area contributed by atoms with Crippen molar-refractivity contribution in [2.24, 2.45) is 0 Å². The van der Waals surface area contributed by atoms with Crippen LogP contribution in [0.2, 0.25) is 0 Å². The Balaban J connectivity index is 2.17. The van der Waals surface area contributed by atoms with E-state index in [1.54, 1.807) is 37.6 Å². The van der Waals surface area contributed by atoms with E-state index < -0.39 is 23.7 Å². The van der Waals surface area contributed by atoms with Gasteiger partial charge in [0.1, 0.15) is 29.4 Å².